The van der Waals surface area contributed by atoms with E-state index in [1.807, 2.05) is 35.2 Å². The highest BCUT2D eigenvalue weighted by atomic mass is 32.2. The highest BCUT2D eigenvalue weighted by Gasteiger charge is 2.36. The van der Waals surface area contributed by atoms with Gasteiger partial charge in [-0.15, -0.1) is 5.10 Å². The van der Waals surface area contributed by atoms with Crippen LogP contribution in [-0.2, 0) is 21.1 Å². The minimum absolute atomic E-state index is 0.00719. The van der Waals surface area contributed by atoms with Gasteiger partial charge in [-0.25, -0.2) is 8.42 Å². The molecule has 0 saturated carbocycles. The molecule has 10 heteroatoms. The summed E-state index contributed by atoms with van der Waals surface area (Å²) in [6.07, 6.45) is 2.18. The van der Waals surface area contributed by atoms with Crippen molar-refractivity contribution < 1.29 is 13.2 Å². The third-order valence-corrected chi connectivity index (χ3v) is 7.44. The van der Waals surface area contributed by atoms with Crippen LogP contribution in [0.2, 0.25) is 0 Å². The molecule has 0 radical (unpaired) electrons. The lowest BCUT2D eigenvalue weighted by atomic mass is 10.1. The van der Waals surface area contributed by atoms with Crippen molar-refractivity contribution in [2.45, 2.75) is 19.3 Å². The minimum Gasteiger partial charge on any atom is -0.340 e. The molecule has 0 spiro atoms. The number of benzene rings is 1. The van der Waals surface area contributed by atoms with Gasteiger partial charge in [-0.2, -0.15) is 4.68 Å². The van der Waals surface area contributed by atoms with Crippen molar-refractivity contribution in [2.75, 3.05) is 44.2 Å². The Hall–Kier alpha value is -2.33. The molecule has 1 aromatic carbocycles. The van der Waals surface area contributed by atoms with E-state index in [1.54, 1.807) is 4.68 Å². The van der Waals surface area contributed by atoms with E-state index in [4.69, 9.17) is 0 Å². The molecule has 4 rings (SSSR count). The second kappa shape index (κ2) is 8.58. The first-order valence-electron chi connectivity index (χ1n) is 10.1. The minimum atomic E-state index is -3.02. The second-order valence-corrected chi connectivity index (χ2v) is 9.94. The van der Waals surface area contributed by atoms with Crippen LogP contribution in [0, 0.1) is 5.92 Å². The van der Waals surface area contributed by atoms with Gasteiger partial charge in [0.25, 0.3) is 0 Å². The first-order valence-corrected chi connectivity index (χ1v) is 11.9. The highest BCUT2D eigenvalue weighted by molar-refractivity contribution is 7.91. The van der Waals surface area contributed by atoms with Gasteiger partial charge >= 0.3 is 0 Å². The van der Waals surface area contributed by atoms with Gasteiger partial charge < -0.3 is 4.90 Å². The molecule has 1 amide bonds. The molecule has 2 aliphatic rings. The molecule has 2 aromatic rings. The number of tetrazole rings is 1. The lowest BCUT2D eigenvalue weighted by Crippen LogP contribution is -2.50. The quantitative estimate of drug-likeness (QED) is 0.659. The first kappa shape index (κ1) is 20.0. The molecule has 3 heterocycles. The molecule has 1 atom stereocenters. The lowest BCUT2D eigenvalue weighted by Gasteiger charge is -2.35. The van der Waals surface area contributed by atoms with Crippen LogP contribution in [0.4, 0.5) is 0 Å². The summed E-state index contributed by atoms with van der Waals surface area (Å²) in [6.45, 7) is 3.87. The Morgan fingerprint density at radius 2 is 1.86 bits per heavy atom. The van der Waals surface area contributed by atoms with E-state index in [0.29, 0.717) is 19.5 Å². The van der Waals surface area contributed by atoms with E-state index in [1.165, 1.54) is 0 Å². The van der Waals surface area contributed by atoms with Crippen molar-refractivity contribution in [1.82, 2.24) is 30.0 Å². The van der Waals surface area contributed by atoms with E-state index < -0.39 is 9.84 Å². The van der Waals surface area contributed by atoms with Crippen LogP contribution in [-0.4, -0.2) is 88.6 Å². The fraction of sp³-hybridized carbons (Fsp3) is 0.579. The molecule has 29 heavy (non-hydrogen) atoms. The van der Waals surface area contributed by atoms with Crippen LogP contribution in [0.25, 0.3) is 5.69 Å². The molecule has 2 aliphatic heterocycles. The topological polar surface area (TPSA) is 101 Å². The summed E-state index contributed by atoms with van der Waals surface area (Å²) < 4.78 is 25.0. The number of rotatable bonds is 6. The van der Waals surface area contributed by atoms with Crippen molar-refractivity contribution in [3.63, 3.8) is 0 Å². The summed E-state index contributed by atoms with van der Waals surface area (Å²) in [7, 11) is -3.02. The standard InChI is InChI=1S/C19H26N6O3S/c26-19(16-8-14-29(27,28)15-16)24-12-10-23(11-13-24)9-4-7-18-20-21-22-25(18)17-5-2-1-3-6-17/h1-3,5-6,16H,4,7-15H2. The van der Waals surface area contributed by atoms with Gasteiger partial charge in [-0.3, -0.25) is 9.69 Å². The Morgan fingerprint density at radius 1 is 1.10 bits per heavy atom. The van der Waals surface area contributed by atoms with Gasteiger partial charge in [-0.1, -0.05) is 18.2 Å². The van der Waals surface area contributed by atoms with Crippen molar-refractivity contribution in [2.24, 2.45) is 5.92 Å². The average molecular weight is 419 g/mol. The summed E-state index contributed by atoms with van der Waals surface area (Å²) in [4.78, 5) is 16.7. The molecule has 9 nitrogen and oxygen atoms in total. The molecular weight excluding hydrogens is 392 g/mol. The van der Waals surface area contributed by atoms with Crippen LogP contribution in [0.1, 0.15) is 18.7 Å². The largest absolute Gasteiger partial charge is 0.340 e. The van der Waals surface area contributed by atoms with Gasteiger partial charge in [0, 0.05) is 32.6 Å². The van der Waals surface area contributed by atoms with Crippen LogP contribution in [0.15, 0.2) is 30.3 Å². The molecule has 156 valence electrons. The monoisotopic (exact) mass is 418 g/mol. The fourth-order valence-corrected chi connectivity index (χ4v) is 5.76. The van der Waals surface area contributed by atoms with Gasteiger partial charge in [0.2, 0.25) is 5.91 Å². The van der Waals surface area contributed by atoms with Crippen LogP contribution in [0.3, 0.4) is 0 Å². The van der Waals surface area contributed by atoms with Gasteiger partial charge in [-0.05, 0) is 41.9 Å². The number of aromatic nitrogens is 4. The zero-order valence-electron chi connectivity index (χ0n) is 16.4. The Kier molecular flexibility index (Phi) is 5.91. The molecule has 1 aromatic heterocycles. The van der Waals surface area contributed by atoms with Crippen molar-refractivity contribution in [3.8, 4) is 5.69 Å². The lowest BCUT2D eigenvalue weighted by molar-refractivity contribution is -0.136. The third kappa shape index (κ3) is 4.81. The number of hydrogen-bond donors (Lipinski definition) is 0. The fourth-order valence-electron chi connectivity index (χ4n) is 4.03. The summed E-state index contributed by atoms with van der Waals surface area (Å²) >= 11 is 0. The van der Waals surface area contributed by atoms with Crippen LogP contribution < -0.4 is 0 Å². The van der Waals surface area contributed by atoms with Gasteiger partial charge in [0.1, 0.15) is 0 Å². The molecular formula is C19H26N6O3S. The van der Waals surface area contributed by atoms with E-state index in [9.17, 15) is 13.2 Å². The number of sulfone groups is 1. The number of para-hydroxylation sites is 1. The number of amides is 1. The number of hydrogen-bond acceptors (Lipinski definition) is 7. The molecule has 0 bridgehead atoms. The third-order valence-electron chi connectivity index (χ3n) is 5.68. The van der Waals surface area contributed by atoms with Crippen molar-refractivity contribution in [1.29, 1.82) is 0 Å². The Labute approximate surface area is 170 Å². The van der Waals surface area contributed by atoms with Crippen molar-refractivity contribution in [3.05, 3.63) is 36.2 Å². The van der Waals surface area contributed by atoms with Crippen LogP contribution in [0.5, 0.6) is 0 Å². The van der Waals surface area contributed by atoms with E-state index in [2.05, 4.69) is 20.4 Å². The highest BCUT2D eigenvalue weighted by Crippen LogP contribution is 2.21. The average Bonchev–Trinajstić information content (AvgIpc) is 3.35. The Balaban J connectivity index is 1.22. The predicted molar refractivity (Wildman–Crippen MR) is 107 cm³/mol. The molecule has 2 saturated heterocycles. The second-order valence-electron chi connectivity index (χ2n) is 7.71. The number of piperazine rings is 1. The maximum absolute atomic E-state index is 12.6. The van der Waals surface area contributed by atoms with Crippen LogP contribution >= 0.6 is 0 Å². The Morgan fingerprint density at radius 3 is 2.55 bits per heavy atom. The first-order chi connectivity index (χ1) is 14.0. The Bertz CT molecular complexity index is 938. The number of carbonyl (C=O) groups is 1. The number of nitrogens with zero attached hydrogens (tertiary/aromatic N) is 6. The zero-order chi connectivity index (χ0) is 20.3. The molecule has 2 fully saturated rings. The summed E-state index contributed by atoms with van der Waals surface area (Å²) in [5, 5.41) is 12.0. The van der Waals surface area contributed by atoms with E-state index in [0.717, 1.165) is 44.0 Å². The maximum atomic E-state index is 12.6. The molecule has 0 aliphatic carbocycles. The maximum Gasteiger partial charge on any atom is 0.226 e. The van der Waals surface area contributed by atoms with E-state index in [-0.39, 0.29) is 23.3 Å². The molecule has 0 N–H and O–H groups in total. The SMILES string of the molecule is O=C(C1CCS(=O)(=O)C1)N1CCN(CCCc2nnnn2-c2ccccc2)CC1. The number of aryl methyl sites for hydroxylation is 1. The normalized spacial score (nSPS) is 22.1. The van der Waals surface area contributed by atoms with Crippen molar-refractivity contribution >= 4 is 15.7 Å². The summed E-state index contributed by atoms with van der Waals surface area (Å²) in [5.74, 6) is 0.664. The molecule has 1 unspecified atom stereocenters. The van der Waals surface area contributed by atoms with Gasteiger partial charge in [0.05, 0.1) is 23.1 Å². The summed E-state index contributed by atoms with van der Waals surface area (Å²) in [5.41, 5.74) is 0.952. The zero-order valence-corrected chi connectivity index (χ0v) is 17.2. The predicted octanol–water partition coefficient (Wildman–Crippen LogP) is 0.174. The summed E-state index contributed by atoms with van der Waals surface area (Å²) in [6, 6.07) is 9.84. The van der Waals surface area contributed by atoms with Gasteiger partial charge in [0.15, 0.2) is 15.7 Å². The number of carbonyl (C=O) groups excluding carboxylic acids is 1. The smallest absolute Gasteiger partial charge is 0.226 e. The van der Waals surface area contributed by atoms with E-state index >= 15 is 0 Å².